The first kappa shape index (κ1) is 13.6. The van der Waals surface area contributed by atoms with Crippen LogP contribution in [0.3, 0.4) is 0 Å². The fourth-order valence-electron chi connectivity index (χ4n) is 1.71. The van der Waals surface area contributed by atoms with Crippen molar-refractivity contribution in [1.82, 2.24) is 9.55 Å². The van der Waals surface area contributed by atoms with Crippen LogP contribution in [0.2, 0.25) is 0 Å². The number of hydrogen-bond acceptors (Lipinski definition) is 5. The quantitative estimate of drug-likeness (QED) is 0.451. The molecule has 1 fully saturated rings. The number of alkyl halides is 2. The van der Waals surface area contributed by atoms with Crippen LogP contribution in [-0.4, -0.2) is 42.3 Å². The van der Waals surface area contributed by atoms with Crippen molar-refractivity contribution in [1.29, 1.82) is 0 Å². The van der Waals surface area contributed by atoms with Gasteiger partial charge >= 0.3 is 5.69 Å². The normalized spacial score (nSPS) is 35.9. The minimum Gasteiger partial charge on any atom is -0.386 e. The number of aliphatic hydroxyl groups is 2. The van der Waals surface area contributed by atoms with E-state index in [1.807, 2.05) is 4.98 Å². The molecular formula is C9H10FIN2O5. The molecule has 2 rings (SSSR count). The van der Waals surface area contributed by atoms with Gasteiger partial charge in [-0.1, -0.05) is 0 Å². The number of H-pyrrole nitrogens is 1. The first-order chi connectivity index (χ1) is 8.39. The van der Waals surface area contributed by atoms with Crippen LogP contribution in [0, 0.1) is 0 Å². The highest BCUT2D eigenvalue weighted by atomic mass is 127. The molecule has 1 aromatic rings. The summed E-state index contributed by atoms with van der Waals surface area (Å²) >= 11 is 1.54. The van der Waals surface area contributed by atoms with Crippen LogP contribution < -0.4 is 11.2 Å². The van der Waals surface area contributed by atoms with Gasteiger partial charge in [0, 0.05) is 12.3 Å². The number of aliphatic hydroxyl groups excluding tert-OH is 2. The lowest BCUT2D eigenvalue weighted by Gasteiger charge is -2.21. The number of rotatable bonds is 2. The molecule has 0 aliphatic carbocycles. The molecule has 1 aliphatic rings. The number of aromatic amines is 1. The third-order valence-electron chi connectivity index (χ3n) is 2.68. The molecule has 7 nitrogen and oxygen atoms in total. The van der Waals surface area contributed by atoms with Gasteiger partial charge in [-0.3, -0.25) is 14.3 Å². The molecule has 2 heterocycles. The Hall–Kier alpha value is -0.780. The summed E-state index contributed by atoms with van der Waals surface area (Å²) in [5.41, 5.74) is -1.41. The summed E-state index contributed by atoms with van der Waals surface area (Å²) in [6.45, 7) is -1.03. The van der Waals surface area contributed by atoms with Gasteiger partial charge in [-0.15, -0.1) is 0 Å². The van der Waals surface area contributed by atoms with Crippen molar-refractivity contribution in [2.75, 3.05) is 6.67 Å². The van der Waals surface area contributed by atoms with Crippen molar-refractivity contribution >= 4 is 22.6 Å². The highest BCUT2D eigenvalue weighted by Crippen LogP contribution is 2.41. The van der Waals surface area contributed by atoms with E-state index >= 15 is 0 Å². The van der Waals surface area contributed by atoms with Crippen molar-refractivity contribution in [3.8, 4) is 0 Å². The number of aromatic nitrogens is 2. The number of nitrogens with one attached hydrogen (secondary N) is 1. The smallest absolute Gasteiger partial charge is 0.330 e. The van der Waals surface area contributed by atoms with Crippen LogP contribution >= 0.6 is 22.6 Å². The third kappa shape index (κ3) is 2.11. The Balaban J connectivity index is 2.41. The van der Waals surface area contributed by atoms with E-state index in [0.29, 0.717) is 0 Å². The maximum atomic E-state index is 12.8. The minimum atomic E-state index is -1.61. The van der Waals surface area contributed by atoms with E-state index in [1.165, 1.54) is 22.6 Å². The van der Waals surface area contributed by atoms with E-state index in [4.69, 9.17) is 4.74 Å². The molecule has 9 heteroatoms. The van der Waals surface area contributed by atoms with Crippen LogP contribution in [0.25, 0.3) is 0 Å². The molecule has 1 aliphatic heterocycles. The second kappa shape index (κ2) is 4.72. The molecule has 0 spiro atoms. The molecule has 3 N–H and O–H groups in total. The monoisotopic (exact) mass is 372 g/mol. The topological polar surface area (TPSA) is 105 Å². The molecule has 4 atom stereocenters. The van der Waals surface area contributed by atoms with Crippen molar-refractivity contribution < 1.29 is 19.3 Å². The molecule has 1 aromatic heterocycles. The molecule has 18 heavy (non-hydrogen) atoms. The zero-order chi connectivity index (χ0) is 13.5. The predicted octanol–water partition coefficient (Wildman–Crippen LogP) is -1.11. The molecule has 0 saturated carbocycles. The van der Waals surface area contributed by atoms with Gasteiger partial charge in [-0.05, 0) is 22.6 Å². The van der Waals surface area contributed by atoms with E-state index in [1.54, 1.807) is 0 Å². The average molecular weight is 372 g/mol. The van der Waals surface area contributed by atoms with Crippen molar-refractivity contribution in [2.24, 2.45) is 0 Å². The Bertz CT molecular complexity index is 560. The van der Waals surface area contributed by atoms with Crippen LogP contribution in [0.1, 0.15) is 6.23 Å². The zero-order valence-electron chi connectivity index (χ0n) is 8.92. The lowest BCUT2D eigenvalue weighted by molar-refractivity contribution is -0.0532. The summed E-state index contributed by atoms with van der Waals surface area (Å²) in [6, 6.07) is 1.06. The number of halogens is 2. The number of ether oxygens (including phenoxy) is 1. The Morgan fingerprint density at radius 2 is 2.22 bits per heavy atom. The maximum Gasteiger partial charge on any atom is 0.330 e. The molecule has 1 saturated heterocycles. The molecule has 0 aromatic carbocycles. The third-order valence-corrected chi connectivity index (χ3v) is 3.86. The van der Waals surface area contributed by atoms with Gasteiger partial charge < -0.3 is 14.9 Å². The summed E-state index contributed by atoms with van der Waals surface area (Å²) in [6.07, 6.45) is -3.09. The molecule has 0 amide bonds. The van der Waals surface area contributed by atoms with E-state index in [-0.39, 0.29) is 0 Å². The standard InChI is InChI=1S/C9H10FIN2O5/c10-3-9(11)6(16)5(15)7(18-9)13-2-1-4(14)12-8(13)17/h1-2,5-7,15-16H,3H2,(H,12,14,17)/t5-,6+,7-,9-/m1/s1. The highest BCUT2D eigenvalue weighted by molar-refractivity contribution is 14.1. The molecule has 0 radical (unpaired) electrons. The number of nitrogens with zero attached hydrogens (tertiary/aromatic N) is 1. The van der Waals surface area contributed by atoms with Gasteiger partial charge in [0.05, 0.1) is 0 Å². The van der Waals surface area contributed by atoms with Crippen LogP contribution in [0.15, 0.2) is 21.9 Å². The highest BCUT2D eigenvalue weighted by Gasteiger charge is 2.53. The fourth-order valence-corrected chi connectivity index (χ4v) is 2.34. The van der Waals surface area contributed by atoms with Crippen molar-refractivity contribution in [2.45, 2.75) is 22.0 Å². The largest absolute Gasteiger partial charge is 0.386 e. The lowest BCUT2D eigenvalue weighted by Crippen LogP contribution is -2.40. The lowest BCUT2D eigenvalue weighted by atomic mass is 10.1. The SMILES string of the molecule is O=c1ccn([C@@H]2O[C@](I)(CF)[C@@H](O)[C@H]2O)c(=O)[nH]1. The van der Waals surface area contributed by atoms with Gasteiger partial charge in [0.2, 0.25) is 0 Å². The summed E-state index contributed by atoms with van der Waals surface area (Å²) in [5.74, 6) is 0. The van der Waals surface area contributed by atoms with E-state index < -0.39 is 40.0 Å². The van der Waals surface area contributed by atoms with Crippen LogP contribution in [0.5, 0.6) is 0 Å². The zero-order valence-corrected chi connectivity index (χ0v) is 11.1. The van der Waals surface area contributed by atoms with Gasteiger partial charge in [-0.25, -0.2) is 9.18 Å². The van der Waals surface area contributed by atoms with Crippen LogP contribution in [0.4, 0.5) is 4.39 Å². The molecule has 0 unspecified atom stereocenters. The van der Waals surface area contributed by atoms with Crippen molar-refractivity contribution in [3.05, 3.63) is 33.1 Å². The Morgan fingerprint density at radius 3 is 2.72 bits per heavy atom. The fraction of sp³-hybridized carbons (Fsp3) is 0.556. The van der Waals surface area contributed by atoms with Gasteiger partial charge in [-0.2, -0.15) is 0 Å². The molecular weight excluding hydrogens is 362 g/mol. The molecule has 100 valence electrons. The summed E-state index contributed by atoms with van der Waals surface area (Å²) in [5, 5.41) is 19.5. The second-order valence-electron chi connectivity index (χ2n) is 3.88. The first-order valence-electron chi connectivity index (χ1n) is 4.99. The van der Waals surface area contributed by atoms with Gasteiger partial charge in [0.15, 0.2) is 9.84 Å². The predicted molar refractivity (Wildman–Crippen MR) is 66.2 cm³/mol. The second-order valence-corrected chi connectivity index (χ2v) is 5.71. The van der Waals surface area contributed by atoms with Crippen LogP contribution in [-0.2, 0) is 4.74 Å². The maximum absolute atomic E-state index is 12.8. The van der Waals surface area contributed by atoms with Gasteiger partial charge in [0.25, 0.3) is 5.56 Å². The Labute approximate surface area is 113 Å². The van der Waals surface area contributed by atoms with E-state index in [2.05, 4.69) is 0 Å². The molecule has 0 bridgehead atoms. The first-order valence-corrected chi connectivity index (χ1v) is 6.07. The van der Waals surface area contributed by atoms with E-state index in [9.17, 15) is 24.2 Å². The Kier molecular flexibility index (Phi) is 3.58. The summed E-state index contributed by atoms with van der Waals surface area (Å²) in [4.78, 5) is 24.4. The summed E-state index contributed by atoms with van der Waals surface area (Å²) in [7, 11) is 0. The minimum absolute atomic E-state index is 0.601. The van der Waals surface area contributed by atoms with Crippen molar-refractivity contribution in [3.63, 3.8) is 0 Å². The number of hydrogen-bond donors (Lipinski definition) is 3. The Morgan fingerprint density at radius 1 is 1.56 bits per heavy atom. The average Bonchev–Trinajstić information content (AvgIpc) is 2.55. The van der Waals surface area contributed by atoms with Gasteiger partial charge in [0.1, 0.15) is 18.9 Å². The summed E-state index contributed by atoms with van der Waals surface area (Å²) < 4.78 is 17.3. The van der Waals surface area contributed by atoms with E-state index in [0.717, 1.165) is 16.8 Å².